The smallest absolute Gasteiger partial charge is 0.319 e. The maximum atomic E-state index is 11.6. The Kier molecular flexibility index (Phi) is 9.58. The van der Waals surface area contributed by atoms with Gasteiger partial charge in [-0.3, -0.25) is 0 Å². The van der Waals surface area contributed by atoms with Crippen LogP contribution in [0.4, 0.5) is 10.5 Å². The molecule has 0 heterocycles. The highest BCUT2D eigenvalue weighted by Crippen LogP contribution is 2.08. The number of amides is 2. The summed E-state index contributed by atoms with van der Waals surface area (Å²) in [5, 5.41) is 12.0. The van der Waals surface area contributed by atoms with Crippen molar-refractivity contribution in [3.8, 4) is 12.3 Å². The number of carbonyl (C=O) groups is 1. The van der Waals surface area contributed by atoms with Gasteiger partial charge in [0.25, 0.3) is 0 Å². The predicted octanol–water partition coefficient (Wildman–Crippen LogP) is 1.15. The van der Waals surface area contributed by atoms with E-state index >= 15 is 0 Å². The number of terminal acetylenes is 1. The van der Waals surface area contributed by atoms with Gasteiger partial charge in [-0.25, -0.2) is 4.79 Å². The number of nitrogens with one attached hydrogen (secondary N) is 2. The Morgan fingerprint density at radius 2 is 1.87 bits per heavy atom. The van der Waals surface area contributed by atoms with E-state index in [0.29, 0.717) is 45.2 Å². The Balaban J connectivity index is 2.00. The van der Waals surface area contributed by atoms with E-state index in [9.17, 15) is 4.79 Å². The van der Waals surface area contributed by atoms with Crippen LogP contribution in [-0.2, 0) is 9.47 Å². The number of nitrogens with two attached hydrogens (primary N) is 1. The molecule has 4 N–H and O–H groups in total. The van der Waals surface area contributed by atoms with Crippen LogP contribution in [-0.4, -0.2) is 45.5 Å². The van der Waals surface area contributed by atoms with Gasteiger partial charge in [0.05, 0.1) is 33.0 Å². The average Bonchev–Trinajstić information content (AvgIpc) is 2.57. The fourth-order valence-corrected chi connectivity index (χ4v) is 1.55. The standard InChI is InChI=1S/C15H21N5O3/c1-2-13-3-5-14(6-4-13)19-15(21)17-7-9-22-11-12-23-10-8-18-20-16/h1,3-6H,7-12H2,(H2,16,18)(H2,17,19,21). The SMILES string of the molecule is C#Cc1ccc(NC(=O)NCCOCCOCCN=NN)cc1. The zero-order chi connectivity index (χ0) is 16.8. The molecule has 23 heavy (non-hydrogen) atoms. The number of anilines is 1. The Bertz CT molecular complexity index is 525. The fourth-order valence-electron chi connectivity index (χ4n) is 1.55. The van der Waals surface area contributed by atoms with E-state index in [1.807, 2.05) is 0 Å². The number of benzene rings is 1. The number of rotatable bonds is 10. The lowest BCUT2D eigenvalue weighted by Crippen LogP contribution is -2.31. The first kappa shape index (κ1) is 18.4. The molecule has 0 fully saturated rings. The van der Waals surface area contributed by atoms with E-state index in [1.54, 1.807) is 24.3 Å². The van der Waals surface area contributed by atoms with Gasteiger partial charge >= 0.3 is 6.03 Å². The summed E-state index contributed by atoms with van der Waals surface area (Å²) >= 11 is 0. The van der Waals surface area contributed by atoms with Gasteiger partial charge in [-0.1, -0.05) is 11.1 Å². The van der Waals surface area contributed by atoms with Crippen molar-refractivity contribution in [2.45, 2.75) is 0 Å². The molecule has 2 amide bonds. The predicted molar refractivity (Wildman–Crippen MR) is 86.9 cm³/mol. The molecule has 0 saturated carbocycles. The minimum atomic E-state index is -0.301. The van der Waals surface area contributed by atoms with Gasteiger partial charge in [-0.2, -0.15) is 5.11 Å². The first-order valence-electron chi connectivity index (χ1n) is 7.10. The Hall–Kier alpha value is -2.63. The van der Waals surface area contributed by atoms with E-state index in [0.717, 1.165) is 5.56 Å². The Morgan fingerprint density at radius 3 is 2.52 bits per heavy atom. The molecular formula is C15H21N5O3. The van der Waals surface area contributed by atoms with Crippen LogP contribution in [0.25, 0.3) is 0 Å². The molecule has 0 saturated heterocycles. The summed E-state index contributed by atoms with van der Waals surface area (Å²) in [6, 6.07) is 6.70. The number of ether oxygens (including phenoxy) is 2. The molecule has 0 aliphatic carbocycles. The molecule has 124 valence electrons. The number of hydrogen-bond donors (Lipinski definition) is 3. The Morgan fingerprint density at radius 1 is 1.17 bits per heavy atom. The monoisotopic (exact) mass is 319 g/mol. The largest absolute Gasteiger partial charge is 0.377 e. The van der Waals surface area contributed by atoms with Gasteiger partial charge < -0.3 is 25.9 Å². The highest BCUT2D eigenvalue weighted by molar-refractivity contribution is 5.89. The molecule has 0 spiro atoms. The maximum Gasteiger partial charge on any atom is 0.319 e. The van der Waals surface area contributed by atoms with Crippen LogP contribution in [0.2, 0.25) is 0 Å². The van der Waals surface area contributed by atoms with E-state index in [2.05, 4.69) is 26.9 Å². The molecule has 0 radical (unpaired) electrons. The van der Waals surface area contributed by atoms with Gasteiger partial charge in [0, 0.05) is 17.8 Å². The van der Waals surface area contributed by atoms with E-state index < -0.39 is 0 Å². The van der Waals surface area contributed by atoms with E-state index in [4.69, 9.17) is 21.7 Å². The van der Waals surface area contributed by atoms with Gasteiger partial charge in [-0.15, -0.1) is 6.42 Å². The highest BCUT2D eigenvalue weighted by Gasteiger charge is 2.00. The molecule has 0 atom stereocenters. The second-order valence-electron chi connectivity index (χ2n) is 4.31. The van der Waals surface area contributed by atoms with Crippen molar-refractivity contribution in [1.82, 2.24) is 5.32 Å². The van der Waals surface area contributed by atoms with Crippen LogP contribution < -0.4 is 16.5 Å². The second-order valence-corrected chi connectivity index (χ2v) is 4.31. The first-order valence-corrected chi connectivity index (χ1v) is 7.10. The van der Waals surface area contributed by atoms with Crippen LogP contribution >= 0.6 is 0 Å². The molecule has 1 aromatic carbocycles. The quantitative estimate of drug-likeness (QED) is 0.197. The molecule has 0 unspecified atom stereocenters. The zero-order valence-corrected chi connectivity index (χ0v) is 12.8. The van der Waals surface area contributed by atoms with Crippen LogP contribution in [0.1, 0.15) is 5.56 Å². The summed E-state index contributed by atoms with van der Waals surface area (Å²) in [5.74, 6) is 7.35. The lowest BCUT2D eigenvalue weighted by atomic mass is 10.2. The summed E-state index contributed by atoms with van der Waals surface area (Å²) in [4.78, 5) is 11.6. The van der Waals surface area contributed by atoms with Crippen molar-refractivity contribution in [2.75, 3.05) is 44.8 Å². The minimum Gasteiger partial charge on any atom is -0.377 e. The van der Waals surface area contributed by atoms with Gasteiger partial charge in [0.15, 0.2) is 0 Å². The molecule has 8 heteroatoms. The van der Waals surface area contributed by atoms with Crippen LogP contribution in [0.5, 0.6) is 0 Å². The Labute approximate surface area is 135 Å². The number of hydrogen-bond acceptors (Lipinski definition) is 5. The molecule has 0 aromatic heterocycles. The van der Waals surface area contributed by atoms with Crippen molar-refractivity contribution in [2.24, 2.45) is 16.2 Å². The summed E-state index contributed by atoms with van der Waals surface area (Å²) in [6.07, 6.45) is 5.26. The third-order valence-electron chi connectivity index (χ3n) is 2.63. The summed E-state index contributed by atoms with van der Waals surface area (Å²) in [5.41, 5.74) is 1.43. The topological polar surface area (TPSA) is 110 Å². The number of urea groups is 1. The third kappa shape index (κ3) is 9.08. The highest BCUT2D eigenvalue weighted by atomic mass is 16.5. The molecular weight excluding hydrogens is 298 g/mol. The molecule has 0 aliphatic rings. The second kappa shape index (κ2) is 12.0. The summed E-state index contributed by atoms with van der Waals surface area (Å²) in [6.45, 7) is 2.57. The van der Waals surface area contributed by atoms with E-state index in [-0.39, 0.29) is 6.03 Å². The lowest BCUT2D eigenvalue weighted by Gasteiger charge is -2.08. The molecule has 1 rings (SSSR count). The maximum absolute atomic E-state index is 11.6. The van der Waals surface area contributed by atoms with Crippen molar-refractivity contribution >= 4 is 11.7 Å². The van der Waals surface area contributed by atoms with Crippen molar-refractivity contribution in [3.63, 3.8) is 0 Å². The minimum absolute atomic E-state index is 0.301. The third-order valence-corrected chi connectivity index (χ3v) is 2.63. The molecule has 0 aliphatic heterocycles. The molecule has 1 aromatic rings. The average molecular weight is 319 g/mol. The molecule has 0 bridgehead atoms. The molecule has 8 nitrogen and oxygen atoms in total. The van der Waals surface area contributed by atoms with E-state index in [1.165, 1.54) is 0 Å². The van der Waals surface area contributed by atoms with Gasteiger partial charge in [0.1, 0.15) is 0 Å². The number of nitrogens with zero attached hydrogens (tertiary/aromatic N) is 2. The van der Waals surface area contributed by atoms with Crippen molar-refractivity contribution in [3.05, 3.63) is 29.8 Å². The van der Waals surface area contributed by atoms with Crippen molar-refractivity contribution in [1.29, 1.82) is 0 Å². The summed E-state index contributed by atoms with van der Waals surface area (Å²) in [7, 11) is 0. The van der Waals surface area contributed by atoms with Gasteiger partial charge in [-0.05, 0) is 24.3 Å². The number of carbonyl (C=O) groups excluding carboxylic acids is 1. The fraction of sp³-hybridized carbons (Fsp3) is 0.400. The van der Waals surface area contributed by atoms with Crippen LogP contribution in [0.3, 0.4) is 0 Å². The van der Waals surface area contributed by atoms with Crippen LogP contribution in [0, 0.1) is 12.3 Å². The summed E-state index contributed by atoms with van der Waals surface area (Å²) < 4.78 is 10.5. The van der Waals surface area contributed by atoms with Gasteiger partial charge in [0.2, 0.25) is 0 Å². The van der Waals surface area contributed by atoms with Crippen LogP contribution in [0.15, 0.2) is 34.6 Å². The lowest BCUT2D eigenvalue weighted by molar-refractivity contribution is 0.0523. The normalized spacial score (nSPS) is 10.4. The first-order chi connectivity index (χ1) is 11.3. The van der Waals surface area contributed by atoms with Crippen molar-refractivity contribution < 1.29 is 14.3 Å². The zero-order valence-electron chi connectivity index (χ0n) is 12.8.